The van der Waals surface area contributed by atoms with E-state index in [1.165, 1.54) is 5.56 Å². The van der Waals surface area contributed by atoms with E-state index in [-0.39, 0.29) is 22.6 Å². The SMILES string of the molecule is Cc1nc(C)c(-c2ccc3c(c2)C(C)(C)c2cc(C=C4C(=O)c5ccccc5C4=O)sc2N3c2cccc3ccccc23)c(C)n1. The molecular formula is C40H31N3O2S. The van der Waals surface area contributed by atoms with Gasteiger partial charge in [0.05, 0.1) is 16.9 Å². The van der Waals surface area contributed by atoms with Crippen LogP contribution >= 0.6 is 11.3 Å². The molecular weight excluding hydrogens is 587 g/mol. The zero-order valence-corrected chi connectivity index (χ0v) is 27.1. The third-order valence-electron chi connectivity index (χ3n) is 9.39. The number of thiophene rings is 1. The van der Waals surface area contributed by atoms with E-state index in [1.54, 1.807) is 41.7 Å². The Balaban J connectivity index is 1.36. The lowest BCUT2D eigenvalue weighted by atomic mass is 9.74. The predicted molar refractivity (Wildman–Crippen MR) is 187 cm³/mol. The largest absolute Gasteiger partial charge is 0.301 e. The highest BCUT2D eigenvalue weighted by Gasteiger charge is 2.40. The summed E-state index contributed by atoms with van der Waals surface area (Å²) in [6.07, 6.45) is 1.79. The number of aryl methyl sites for hydroxylation is 3. The molecule has 0 fully saturated rings. The van der Waals surface area contributed by atoms with Crippen molar-refractivity contribution in [3.8, 4) is 11.1 Å². The molecule has 0 N–H and O–H groups in total. The topological polar surface area (TPSA) is 63.2 Å². The highest BCUT2D eigenvalue weighted by molar-refractivity contribution is 7.17. The van der Waals surface area contributed by atoms with Crippen LogP contribution in [0.5, 0.6) is 0 Å². The molecule has 0 spiro atoms. The summed E-state index contributed by atoms with van der Waals surface area (Å²) in [5, 5.41) is 3.38. The first-order valence-corrected chi connectivity index (χ1v) is 16.2. The van der Waals surface area contributed by atoms with Crippen molar-refractivity contribution in [2.75, 3.05) is 4.90 Å². The molecule has 0 bridgehead atoms. The highest BCUT2D eigenvalue weighted by Crippen LogP contribution is 2.57. The molecule has 0 saturated heterocycles. The van der Waals surface area contributed by atoms with Gasteiger partial charge in [0.25, 0.3) is 0 Å². The number of Topliss-reactive ketones (excluding diaryl/α,β-unsaturated/α-hetero) is 2. The lowest BCUT2D eigenvalue weighted by Crippen LogP contribution is -2.29. The number of nitrogens with zero attached hydrogens (tertiary/aromatic N) is 3. The van der Waals surface area contributed by atoms with Crippen LogP contribution < -0.4 is 4.90 Å². The van der Waals surface area contributed by atoms with E-state index >= 15 is 0 Å². The van der Waals surface area contributed by atoms with E-state index in [2.05, 4.69) is 95.4 Å². The number of hydrogen-bond acceptors (Lipinski definition) is 6. The van der Waals surface area contributed by atoms with Gasteiger partial charge in [-0.05, 0) is 73.2 Å². The number of ketones is 2. The number of anilines is 3. The Labute approximate surface area is 271 Å². The lowest BCUT2D eigenvalue weighted by Gasteiger charge is -2.40. The number of fused-ring (bicyclic) bond motifs is 4. The Bertz CT molecular complexity index is 2260. The van der Waals surface area contributed by atoms with Gasteiger partial charge in [-0.15, -0.1) is 11.3 Å². The van der Waals surface area contributed by atoms with Crippen molar-refractivity contribution < 1.29 is 9.59 Å². The number of benzene rings is 4. The van der Waals surface area contributed by atoms with Crippen LogP contribution in [0, 0.1) is 20.8 Å². The van der Waals surface area contributed by atoms with Gasteiger partial charge in [0, 0.05) is 43.8 Å². The Kier molecular flexibility index (Phi) is 6.25. The van der Waals surface area contributed by atoms with E-state index in [0.717, 1.165) is 65.9 Å². The zero-order valence-electron chi connectivity index (χ0n) is 26.3. The maximum Gasteiger partial charge on any atom is 0.197 e. The van der Waals surface area contributed by atoms with Crippen molar-refractivity contribution in [3.05, 3.63) is 141 Å². The Morgan fingerprint density at radius 1 is 0.717 bits per heavy atom. The van der Waals surface area contributed by atoms with Crippen LogP contribution in [0.25, 0.3) is 28.0 Å². The first kappa shape index (κ1) is 28.3. The normalized spacial score (nSPS) is 14.8. The summed E-state index contributed by atoms with van der Waals surface area (Å²) >= 11 is 1.61. The molecule has 0 atom stereocenters. The van der Waals surface area contributed by atoms with Gasteiger partial charge in [0.2, 0.25) is 0 Å². The average molecular weight is 618 g/mol. The fourth-order valence-corrected chi connectivity index (χ4v) is 8.51. The van der Waals surface area contributed by atoms with Gasteiger partial charge in [0.15, 0.2) is 11.6 Å². The molecule has 0 unspecified atom stereocenters. The van der Waals surface area contributed by atoms with Gasteiger partial charge < -0.3 is 4.90 Å². The first-order chi connectivity index (χ1) is 22.1. The first-order valence-electron chi connectivity index (χ1n) is 15.4. The summed E-state index contributed by atoms with van der Waals surface area (Å²) in [6, 6.07) is 30.8. The number of allylic oxidation sites excluding steroid dienone is 1. The van der Waals surface area contributed by atoms with Crippen molar-refractivity contribution >= 4 is 56.1 Å². The molecule has 3 heterocycles. The number of carbonyl (C=O) groups excluding carboxylic acids is 2. The second-order valence-electron chi connectivity index (χ2n) is 12.6. The molecule has 5 nitrogen and oxygen atoms in total. The zero-order chi connectivity index (χ0) is 31.9. The molecule has 8 rings (SSSR count). The van der Waals surface area contributed by atoms with E-state index in [0.29, 0.717) is 11.1 Å². The second-order valence-corrected chi connectivity index (χ2v) is 13.7. The number of hydrogen-bond donors (Lipinski definition) is 0. The second kappa shape index (κ2) is 10.2. The minimum absolute atomic E-state index is 0.212. The molecule has 6 heteroatoms. The molecule has 4 aromatic carbocycles. The monoisotopic (exact) mass is 617 g/mol. The quantitative estimate of drug-likeness (QED) is 0.146. The third kappa shape index (κ3) is 4.13. The molecule has 6 aromatic rings. The smallest absolute Gasteiger partial charge is 0.197 e. The molecule has 224 valence electrons. The van der Waals surface area contributed by atoms with Crippen LogP contribution in [0.2, 0.25) is 0 Å². The fraction of sp³-hybridized carbons (Fsp3) is 0.150. The molecule has 1 aliphatic heterocycles. The van der Waals surface area contributed by atoms with Crippen LogP contribution in [-0.4, -0.2) is 21.5 Å². The Morgan fingerprint density at radius 2 is 1.37 bits per heavy atom. The summed E-state index contributed by atoms with van der Waals surface area (Å²) < 4.78 is 0. The van der Waals surface area contributed by atoms with Crippen LogP contribution in [0.3, 0.4) is 0 Å². The molecule has 0 radical (unpaired) electrons. The molecule has 2 aromatic heterocycles. The number of aromatic nitrogens is 2. The van der Waals surface area contributed by atoms with Crippen molar-refractivity contribution in [1.29, 1.82) is 0 Å². The Hall–Kier alpha value is -5.20. The van der Waals surface area contributed by atoms with E-state index in [1.807, 2.05) is 20.8 Å². The van der Waals surface area contributed by atoms with Crippen molar-refractivity contribution in [3.63, 3.8) is 0 Å². The standard InChI is InChI=1S/C40H31N3O2S/c1-22-36(23(2)42-24(3)41-22)26-17-18-35-32(19-26)40(4,5)33-21-27(20-31-37(44)29-14-8-9-15-30(29)38(31)45)46-39(33)43(35)34-16-10-12-25-11-6-7-13-28(25)34/h6-21H,1-5H3. The summed E-state index contributed by atoms with van der Waals surface area (Å²) in [4.78, 5) is 39.3. The predicted octanol–water partition coefficient (Wildman–Crippen LogP) is 9.86. The van der Waals surface area contributed by atoms with Gasteiger partial charge in [-0.3, -0.25) is 9.59 Å². The minimum atomic E-state index is -0.380. The molecule has 46 heavy (non-hydrogen) atoms. The van der Waals surface area contributed by atoms with E-state index < -0.39 is 0 Å². The van der Waals surface area contributed by atoms with E-state index in [9.17, 15) is 9.59 Å². The van der Waals surface area contributed by atoms with Crippen molar-refractivity contribution in [2.45, 2.75) is 40.0 Å². The average Bonchev–Trinajstić information content (AvgIpc) is 3.57. The third-order valence-corrected chi connectivity index (χ3v) is 10.5. The lowest BCUT2D eigenvalue weighted by molar-refractivity contribution is 0.0990. The van der Waals surface area contributed by atoms with Crippen molar-refractivity contribution in [2.24, 2.45) is 0 Å². The maximum absolute atomic E-state index is 13.3. The molecule has 0 amide bonds. The molecule has 0 saturated carbocycles. The highest BCUT2D eigenvalue weighted by atomic mass is 32.1. The van der Waals surface area contributed by atoms with Gasteiger partial charge in [-0.25, -0.2) is 9.97 Å². The minimum Gasteiger partial charge on any atom is -0.301 e. The fourth-order valence-electron chi connectivity index (χ4n) is 7.22. The van der Waals surface area contributed by atoms with E-state index in [4.69, 9.17) is 0 Å². The molecule has 1 aliphatic carbocycles. The summed E-state index contributed by atoms with van der Waals surface area (Å²) in [7, 11) is 0. The van der Waals surface area contributed by atoms with Gasteiger partial charge in [-0.1, -0.05) is 80.6 Å². The number of rotatable bonds is 3. The van der Waals surface area contributed by atoms with Crippen LogP contribution in [0.15, 0.2) is 96.6 Å². The van der Waals surface area contributed by atoms with Crippen LogP contribution in [-0.2, 0) is 5.41 Å². The molecule has 2 aliphatic rings. The van der Waals surface area contributed by atoms with Crippen molar-refractivity contribution in [1.82, 2.24) is 9.97 Å². The van der Waals surface area contributed by atoms with Crippen LogP contribution in [0.4, 0.5) is 16.4 Å². The Morgan fingerprint density at radius 3 is 2.09 bits per heavy atom. The summed E-state index contributed by atoms with van der Waals surface area (Å²) in [5.74, 6) is 0.346. The van der Waals surface area contributed by atoms with Gasteiger partial charge in [-0.2, -0.15) is 0 Å². The van der Waals surface area contributed by atoms with Gasteiger partial charge >= 0.3 is 0 Å². The summed E-state index contributed by atoms with van der Waals surface area (Å²) in [5.41, 5.74) is 9.36. The number of carbonyl (C=O) groups is 2. The van der Waals surface area contributed by atoms with Gasteiger partial charge in [0.1, 0.15) is 10.8 Å². The van der Waals surface area contributed by atoms with Crippen LogP contribution in [0.1, 0.15) is 67.8 Å². The maximum atomic E-state index is 13.3. The summed E-state index contributed by atoms with van der Waals surface area (Å²) in [6.45, 7) is 10.5.